The summed E-state index contributed by atoms with van der Waals surface area (Å²) >= 11 is 6.05. The molecule has 0 bridgehead atoms. The van der Waals surface area contributed by atoms with Crippen LogP contribution in [0.1, 0.15) is 66.2 Å². The van der Waals surface area contributed by atoms with Gasteiger partial charge >= 0.3 is 0 Å². The molecule has 0 amide bonds. The SMILES string of the molecule is CC1(C)OC2CC3C4CCC5=CC(=O)CC[C@]5(C)[C@@]4(F)C(O)C[C@]3(C)[C@]2(C(=O)CCl)O1. The summed E-state index contributed by atoms with van der Waals surface area (Å²) in [7, 11) is 0. The Labute approximate surface area is 187 Å². The van der Waals surface area contributed by atoms with Gasteiger partial charge in [-0.15, -0.1) is 11.6 Å². The molecule has 0 spiro atoms. The lowest BCUT2D eigenvalue weighted by Gasteiger charge is -2.63. The maximum Gasteiger partial charge on any atom is 0.182 e. The Balaban J connectivity index is 1.63. The summed E-state index contributed by atoms with van der Waals surface area (Å²) in [6.07, 6.45) is 2.28. The Morgan fingerprint density at radius 1 is 1.26 bits per heavy atom. The van der Waals surface area contributed by atoms with E-state index >= 15 is 4.39 Å². The molecule has 4 unspecified atom stereocenters. The number of allylic oxidation sites excluding steroid dienone is 1. The van der Waals surface area contributed by atoms with Crippen LogP contribution in [-0.4, -0.2) is 51.8 Å². The molecule has 4 fully saturated rings. The van der Waals surface area contributed by atoms with Gasteiger partial charge in [-0.1, -0.05) is 19.4 Å². The Kier molecular flexibility index (Phi) is 4.54. The Morgan fingerprint density at radius 3 is 2.65 bits per heavy atom. The van der Waals surface area contributed by atoms with Crippen molar-refractivity contribution in [2.75, 3.05) is 5.88 Å². The fourth-order valence-electron chi connectivity index (χ4n) is 8.27. The summed E-state index contributed by atoms with van der Waals surface area (Å²) in [6, 6.07) is 0. The van der Waals surface area contributed by atoms with Crippen molar-refractivity contribution in [3.8, 4) is 0 Å². The molecule has 4 aliphatic carbocycles. The summed E-state index contributed by atoms with van der Waals surface area (Å²) in [5.41, 5.74) is -4.00. The predicted molar refractivity (Wildman–Crippen MR) is 112 cm³/mol. The molecule has 0 aromatic heterocycles. The maximum absolute atomic E-state index is 17.2. The Hall–Kier alpha value is -0.820. The van der Waals surface area contributed by atoms with Gasteiger partial charge in [0, 0.05) is 23.2 Å². The van der Waals surface area contributed by atoms with E-state index < -0.39 is 46.0 Å². The molecule has 7 heteroatoms. The molecule has 1 heterocycles. The summed E-state index contributed by atoms with van der Waals surface area (Å²) in [5, 5.41) is 11.4. The first-order chi connectivity index (χ1) is 14.4. The van der Waals surface area contributed by atoms with Crippen molar-refractivity contribution in [3.63, 3.8) is 0 Å². The van der Waals surface area contributed by atoms with Crippen LogP contribution in [0.4, 0.5) is 4.39 Å². The van der Waals surface area contributed by atoms with Crippen molar-refractivity contribution < 1.29 is 28.6 Å². The molecule has 5 aliphatic rings. The molecule has 5 nitrogen and oxygen atoms in total. The molecule has 1 N–H and O–H groups in total. The molecule has 8 atom stereocenters. The second kappa shape index (κ2) is 6.40. The Morgan fingerprint density at radius 2 is 1.97 bits per heavy atom. The average Bonchev–Trinajstić information content (AvgIpc) is 3.09. The zero-order valence-electron chi connectivity index (χ0n) is 18.7. The predicted octanol–water partition coefficient (Wildman–Crippen LogP) is 3.89. The number of aliphatic hydroxyl groups excluding tert-OH is 1. The van der Waals surface area contributed by atoms with E-state index in [-0.39, 0.29) is 29.8 Å². The lowest BCUT2D eigenvalue weighted by Crippen LogP contribution is -2.70. The highest BCUT2D eigenvalue weighted by molar-refractivity contribution is 6.29. The van der Waals surface area contributed by atoms with E-state index in [0.717, 1.165) is 5.57 Å². The number of carbonyl (C=O) groups is 2. The van der Waals surface area contributed by atoms with Crippen LogP contribution >= 0.6 is 11.6 Å². The number of aliphatic hydroxyl groups is 1. The highest BCUT2D eigenvalue weighted by atomic mass is 35.5. The van der Waals surface area contributed by atoms with Crippen molar-refractivity contribution in [1.82, 2.24) is 0 Å². The monoisotopic (exact) mass is 454 g/mol. The topological polar surface area (TPSA) is 72.8 Å². The minimum absolute atomic E-state index is 0.0377. The largest absolute Gasteiger partial charge is 0.390 e. The van der Waals surface area contributed by atoms with Crippen molar-refractivity contribution in [3.05, 3.63) is 11.6 Å². The van der Waals surface area contributed by atoms with E-state index in [1.54, 1.807) is 19.9 Å². The molecular weight excluding hydrogens is 423 g/mol. The molecule has 172 valence electrons. The van der Waals surface area contributed by atoms with Crippen molar-refractivity contribution >= 4 is 23.2 Å². The summed E-state index contributed by atoms with van der Waals surface area (Å²) < 4.78 is 29.7. The summed E-state index contributed by atoms with van der Waals surface area (Å²) in [6.45, 7) is 7.38. The number of ether oxygens (including phenoxy) is 2. The number of hydrogen-bond acceptors (Lipinski definition) is 5. The first kappa shape index (κ1) is 22.0. The van der Waals surface area contributed by atoms with Gasteiger partial charge in [0.2, 0.25) is 0 Å². The van der Waals surface area contributed by atoms with E-state index in [4.69, 9.17) is 21.1 Å². The van der Waals surface area contributed by atoms with Crippen molar-refractivity contribution in [2.24, 2.45) is 22.7 Å². The van der Waals surface area contributed by atoms with Crippen molar-refractivity contribution in [2.45, 2.75) is 95.5 Å². The third-order valence-corrected chi connectivity index (χ3v) is 9.81. The highest BCUT2D eigenvalue weighted by Crippen LogP contribution is 2.72. The van der Waals surface area contributed by atoms with E-state index in [2.05, 4.69) is 0 Å². The molecule has 3 saturated carbocycles. The van der Waals surface area contributed by atoms with Gasteiger partial charge in [0.05, 0.1) is 18.1 Å². The molecule has 31 heavy (non-hydrogen) atoms. The van der Waals surface area contributed by atoms with Crippen LogP contribution in [-0.2, 0) is 19.1 Å². The number of carbonyl (C=O) groups excluding carboxylic acids is 2. The van der Waals surface area contributed by atoms with Crippen LogP contribution in [0, 0.1) is 22.7 Å². The Bertz CT molecular complexity index is 887. The highest BCUT2D eigenvalue weighted by Gasteiger charge is 2.80. The van der Waals surface area contributed by atoms with E-state index in [9.17, 15) is 14.7 Å². The molecular formula is C24H32ClFO5. The fourth-order valence-corrected chi connectivity index (χ4v) is 8.47. The van der Waals surface area contributed by atoms with Gasteiger partial charge in [-0.25, -0.2) is 4.39 Å². The third kappa shape index (κ3) is 2.43. The van der Waals surface area contributed by atoms with Gasteiger partial charge in [0.25, 0.3) is 0 Å². The summed E-state index contributed by atoms with van der Waals surface area (Å²) in [5.74, 6) is -2.02. The number of hydrogen-bond donors (Lipinski definition) is 1. The first-order valence-electron chi connectivity index (χ1n) is 11.4. The van der Waals surface area contributed by atoms with Gasteiger partial charge in [0.1, 0.15) is 5.67 Å². The van der Waals surface area contributed by atoms with Crippen LogP contribution in [0.25, 0.3) is 0 Å². The number of rotatable bonds is 2. The molecule has 0 aromatic carbocycles. The quantitative estimate of drug-likeness (QED) is 0.641. The van der Waals surface area contributed by atoms with Gasteiger partial charge in [-0.05, 0) is 57.9 Å². The summed E-state index contributed by atoms with van der Waals surface area (Å²) in [4.78, 5) is 25.3. The lowest BCUT2D eigenvalue weighted by molar-refractivity contribution is -0.250. The van der Waals surface area contributed by atoms with Crippen LogP contribution in [0.3, 0.4) is 0 Å². The number of alkyl halides is 2. The average molecular weight is 455 g/mol. The molecule has 5 rings (SSSR count). The molecule has 1 saturated heterocycles. The van der Waals surface area contributed by atoms with Gasteiger partial charge < -0.3 is 14.6 Å². The minimum atomic E-state index is -1.86. The number of halogens is 2. The van der Waals surface area contributed by atoms with Gasteiger partial charge in [-0.3, -0.25) is 9.59 Å². The van der Waals surface area contributed by atoms with E-state index in [1.807, 2.05) is 13.8 Å². The minimum Gasteiger partial charge on any atom is -0.390 e. The second-order valence-electron chi connectivity index (χ2n) is 11.3. The van der Waals surface area contributed by atoms with Gasteiger partial charge in [0.15, 0.2) is 23.0 Å². The zero-order chi connectivity index (χ0) is 22.6. The van der Waals surface area contributed by atoms with Crippen molar-refractivity contribution in [1.29, 1.82) is 0 Å². The molecule has 0 aromatic rings. The van der Waals surface area contributed by atoms with E-state index in [0.29, 0.717) is 32.1 Å². The van der Waals surface area contributed by atoms with Gasteiger partial charge in [-0.2, -0.15) is 0 Å². The second-order valence-corrected chi connectivity index (χ2v) is 11.5. The molecule has 0 radical (unpaired) electrons. The number of Topliss-reactive ketones (excluding diaryl/α,β-unsaturated/α-hetero) is 1. The molecule has 1 aliphatic heterocycles. The number of fused-ring (bicyclic) bond motifs is 7. The standard InChI is InChI=1S/C24H32ClFO5/c1-20(2)30-19-10-16-15-6-5-13-9-14(27)7-8-21(13,3)23(15,26)17(28)11-22(16,4)24(19,31-20)18(29)12-25/h9,15-17,19,28H,5-8,10-12H2,1-4H3/t15?,16?,17?,19?,21-,22-,23-,24+/m0/s1. The van der Waals surface area contributed by atoms with Crippen LogP contribution < -0.4 is 0 Å². The number of ketones is 2. The zero-order valence-corrected chi connectivity index (χ0v) is 19.4. The third-order valence-electron chi connectivity index (χ3n) is 9.57. The van der Waals surface area contributed by atoms with E-state index in [1.165, 1.54) is 0 Å². The smallest absolute Gasteiger partial charge is 0.182 e. The fraction of sp³-hybridized carbons (Fsp3) is 0.833. The maximum atomic E-state index is 17.2. The van der Waals surface area contributed by atoms with Crippen LogP contribution in [0.15, 0.2) is 11.6 Å². The first-order valence-corrected chi connectivity index (χ1v) is 12.0. The van der Waals surface area contributed by atoms with Crippen LogP contribution in [0.2, 0.25) is 0 Å². The van der Waals surface area contributed by atoms with Crippen LogP contribution in [0.5, 0.6) is 0 Å². The lowest BCUT2D eigenvalue weighted by atomic mass is 9.44. The normalized spacial score (nSPS) is 52.6.